The predicted octanol–water partition coefficient (Wildman–Crippen LogP) is 4.07. The van der Waals surface area contributed by atoms with Crippen LogP contribution in [-0.2, 0) is 11.3 Å². The number of nitrogens with one attached hydrogen (secondary N) is 2. The normalized spacial score (nSPS) is 13.5. The highest BCUT2D eigenvalue weighted by Crippen LogP contribution is 2.38. The number of rotatable bonds is 7. The van der Waals surface area contributed by atoms with Gasteiger partial charge < -0.3 is 14.8 Å². The number of hydrogen-bond donors (Lipinski definition) is 2. The number of H-pyrrole nitrogens is 1. The fraction of sp³-hybridized carbons (Fsp3) is 0.318. The number of benzene rings is 1. The maximum absolute atomic E-state index is 13.0. The van der Waals surface area contributed by atoms with Crippen LogP contribution in [0.4, 0.5) is 5.69 Å². The molecule has 3 aromatic heterocycles. The van der Waals surface area contributed by atoms with Gasteiger partial charge in [-0.25, -0.2) is 9.97 Å². The highest BCUT2D eigenvalue weighted by molar-refractivity contribution is 7.20. The van der Waals surface area contributed by atoms with Crippen LogP contribution >= 0.6 is 11.3 Å². The van der Waals surface area contributed by atoms with Gasteiger partial charge in [0, 0.05) is 24.3 Å². The molecule has 2 N–H and O–H groups in total. The molecule has 9 nitrogen and oxygen atoms in total. The van der Waals surface area contributed by atoms with Crippen molar-refractivity contribution in [3.8, 4) is 17.3 Å². The van der Waals surface area contributed by atoms with E-state index in [0.717, 1.165) is 22.3 Å². The van der Waals surface area contributed by atoms with Crippen LogP contribution < -0.4 is 10.1 Å². The minimum absolute atomic E-state index is 0.206. The molecule has 164 valence electrons. The van der Waals surface area contributed by atoms with E-state index in [2.05, 4.69) is 30.5 Å². The van der Waals surface area contributed by atoms with Gasteiger partial charge in [0.25, 0.3) is 5.91 Å². The number of nitrogens with zero attached hydrogens (tertiary/aromatic N) is 4. The zero-order chi connectivity index (χ0) is 22.2. The third-order valence-corrected chi connectivity index (χ3v) is 6.53. The number of aromatic amines is 1. The zero-order valence-corrected chi connectivity index (χ0v) is 18.7. The average molecular weight is 451 g/mol. The van der Waals surface area contributed by atoms with Crippen molar-refractivity contribution in [3.63, 3.8) is 0 Å². The number of thiophene rings is 1. The van der Waals surface area contributed by atoms with Crippen molar-refractivity contribution in [1.29, 1.82) is 0 Å². The Morgan fingerprint density at radius 3 is 2.66 bits per heavy atom. The molecule has 0 aliphatic heterocycles. The number of carbonyl (C=O) groups excluding carboxylic acids is 1. The van der Waals surface area contributed by atoms with Gasteiger partial charge in [-0.2, -0.15) is 10.1 Å². The van der Waals surface area contributed by atoms with Crippen molar-refractivity contribution < 1.29 is 14.3 Å². The smallest absolute Gasteiger partial charge is 0.266 e. The van der Waals surface area contributed by atoms with Crippen LogP contribution in [0, 0.1) is 6.92 Å². The van der Waals surface area contributed by atoms with E-state index in [1.807, 2.05) is 31.2 Å². The summed E-state index contributed by atoms with van der Waals surface area (Å²) in [6.07, 6.45) is 2.34. The van der Waals surface area contributed by atoms with Crippen LogP contribution in [0.15, 0.2) is 24.3 Å². The number of hydrogen-bond acceptors (Lipinski definition) is 8. The quantitative estimate of drug-likeness (QED) is 0.436. The number of ether oxygens (including phenoxy) is 2. The van der Waals surface area contributed by atoms with E-state index in [4.69, 9.17) is 9.47 Å². The average Bonchev–Trinajstić information content (AvgIpc) is 3.43. The van der Waals surface area contributed by atoms with Gasteiger partial charge in [-0.1, -0.05) is 0 Å². The van der Waals surface area contributed by atoms with E-state index in [9.17, 15) is 4.79 Å². The maximum atomic E-state index is 13.0. The van der Waals surface area contributed by atoms with E-state index in [-0.39, 0.29) is 12.5 Å². The fourth-order valence-electron chi connectivity index (χ4n) is 3.54. The first-order chi connectivity index (χ1) is 15.6. The summed E-state index contributed by atoms with van der Waals surface area (Å²) in [5.74, 6) is 2.89. The Bertz CT molecular complexity index is 1290. The van der Waals surface area contributed by atoms with Gasteiger partial charge in [-0.15, -0.1) is 11.3 Å². The first-order valence-electron chi connectivity index (χ1n) is 10.2. The van der Waals surface area contributed by atoms with Crippen molar-refractivity contribution in [2.75, 3.05) is 19.5 Å². The molecule has 3 heterocycles. The molecule has 1 amide bonds. The summed E-state index contributed by atoms with van der Waals surface area (Å²) in [5.41, 5.74) is 2.37. The van der Waals surface area contributed by atoms with Gasteiger partial charge in [-0.3, -0.25) is 9.89 Å². The molecule has 1 aliphatic carbocycles. The van der Waals surface area contributed by atoms with Crippen molar-refractivity contribution in [2.24, 2.45) is 0 Å². The molecule has 0 radical (unpaired) electrons. The summed E-state index contributed by atoms with van der Waals surface area (Å²) >= 11 is 1.31. The standard InChI is InChI=1S/C22H22N6O3S/c1-11-16-21(31-3)24-15(10-30-2)25-22(16)32-17(11)20(29)23-14-8-6-13(7-9-14)19-26-18(27-28-19)12-4-5-12/h6-9,12H,4-5,10H2,1-3H3,(H,23,29)(H,26,27,28). The minimum atomic E-state index is -0.206. The third-order valence-electron chi connectivity index (χ3n) is 5.34. The number of anilines is 1. The molecule has 0 spiro atoms. The summed E-state index contributed by atoms with van der Waals surface area (Å²) in [7, 11) is 3.14. The van der Waals surface area contributed by atoms with Crippen LogP contribution in [-0.4, -0.2) is 45.3 Å². The lowest BCUT2D eigenvalue weighted by molar-refractivity contribution is 0.103. The Labute approximate surface area is 188 Å². The molecule has 0 bridgehead atoms. The second kappa shape index (κ2) is 8.29. The number of fused-ring (bicyclic) bond motifs is 1. The minimum Gasteiger partial charge on any atom is -0.480 e. The Kier molecular flexibility index (Phi) is 5.32. The number of carbonyl (C=O) groups is 1. The zero-order valence-electron chi connectivity index (χ0n) is 17.9. The van der Waals surface area contributed by atoms with E-state index < -0.39 is 0 Å². The largest absolute Gasteiger partial charge is 0.480 e. The maximum Gasteiger partial charge on any atom is 0.266 e. The van der Waals surface area contributed by atoms with Gasteiger partial charge in [0.05, 0.1) is 17.4 Å². The molecule has 0 atom stereocenters. The Morgan fingerprint density at radius 2 is 1.97 bits per heavy atom. The van der Waals surface area contributed by atoms with Crippen molar-refractivity contribution in [1.82, 2.24) is 25.1 Å². The van der Waals surface area contributed by atoms with E-state index in [1.165, 1.54) is 24.2 Å². The molecular formula is C22H22N6O3S. The first-order valence-corrected chi connectivity index (χ1v) is 11.1. The Hall–Kier alpha value is -3.37. The van der Waals surface area contributed by atoms with Crippen LogP contribution in [0.5, 0.6) is 5.88 Å². The SMILES string of the molecule is COCc1nc(OC)c2c(C)c(C(=O)Nc3ccc(-c4n[nH]c(C5CC5)n4)cc3)sc2n1. The molecule has 1 aliphatic rings. The molecule has 10 heteroatoms. The van der Waals surface area contributed by atoms with Gasteiger partial charge in [-0.05, 0) is 49.6 Å². The summed E-state index contributed by atoms with van der Waals surface area (Å²) < 4.78 is 10.6. The first kappa shape index (κ1) is 20.5. The summed E-state index contributed by atoms with van der Waals surface area (Å²) in [6.45, 7) is 2.14. The summed E-state index contributed by atoms with van der Waals surface area (Å²) in [5, 5.41) is 11.0. The lowest BCUT2D eigenvalue weighted by Crippen LogP contribution is -2.11. The van der Waals surface area contributed by atoms with Gasteiger partial charge in [0.15, 0.2) is 11.6 Å². The third kappa shape index (κ3) is 3.82. The number of methoxy groups -OCH3 is 2. The highest BCUT2D eigenvalue weighted by atomic mass is 32.1. The van der Waals surface area contributed by atoms with Crippen LogP contribution in [0.3, 0.4) is 0 Å². The monoisotopic (exact) mass is 450 g/mol. The molecule has 4 aromatic rings. The van der Waals surface area contributed by atoms with Crippen molar-refractivity contribution in [2.45, 2.75) is 32.3 Å². The molecule has 1 fully saturated rings. The second-order valence-electron chi connectivity index (χ2n) is 7.67. The number of aryl methyl sites for hydroxylation is 1. The lowest BCUT2D eigenvalue weighted by Gasteiger charge is -2.06. The van der Waals surface area contributed by atoms with E-state index in [1.54, 1.807) is 14.2 Å². The summed E-state index contributed by atoms with van der Waals surface area (Å²) in [6, 6.07) is 7.50. The van der Waals surface area contributed by atoms with Gasteiger partial charge in [0.2, 0.25) is 5.88 Å². The van der Waals surface area contributed by atoms with Gasteiger partial charge >= 0.3 is 0 Å². The van der Waals surface area contributed by atoms with E-state index in [0.29, 0.717) is 38.8 Å². The Balaban J connectivity index is 1.37. The van der Waals surface area contributed by atoms with Crippen molar-refractivity contribution >= 4 is 33.1 Å². The fourth-order valence-corrected chi connectivity index (χ4v) is 4.62. The molecular weight excluding hydrogens is 428 g/mol. The Morgan fingerprint density at radius 1 is 1.19 bits per heavy atom. The highest BCUT2D eigenvalue weighted by Gasteiger charge is 2.27. The van der Waals surface area contributed by atoms with Gasteiger partial charge in [0.1, 0.15) is 17.3 Å². The molecule has 0 unspecified atom stereocenters. The molecule has 1 aromatic carbocycles. The molecule has 32 heavy (non-hydrogen) atoms. The van der Waals surface area contributed by atoms with Crippen LogP contribution in [0.2, 0.25) is 0 Å². The second-order valence-corrected chi connectivity index (χ2v) is 8.67. The van der Waals surface area contributed by atoms with Crippen molar-refractivity contribution in [3.05, 3.63) is 46.4 Å². The lowest BCUT2D eigenvalue weighted by atomic mass is 10.1. The van der Waals surface area contributed by atoms with E-state index >= 15 is 0 Å². The summed E-state index contributed by atoms with van der Waals surface area (Å²) in [4.78, 5) is 27.7. The molecule has 1 saturated carbocycles. The molecule has 0 saturated heterocycles. The molecule has 5 rings (SSSR count). The number of aromatic nitrogens is 5. The number of amides is 1. The predicted molar refractivity (Wildman–Crippen MR) is 121 cm³/mol. The van der Waals surface area contributed by atoms with Crippen LogP contribution in [0.25, 0.3) is 21.6 Å². The topological polar surface area (TPSA) is 115 Å². The van der Waals surface area contributed by atoms with Crippen LogP contribution in [0.1, 0.15) is 45.6 Å².